The number of carbonyl (C=O) groups excluding carboxylic acids is 2. The van der Waals surface area contributed by atoms with Crippen LogP contribution in [0.15, 0.2) is 54.5 Å². The van der Waals surface area contributed by atoms with Crippen molar-refractivity contribution in [1.82, 2.24) is 0 Å². The van der Waals surface area contributed by atoms with Crippen molar-refractivity contribution in [3.05, 3.63) is 60.1 Å². The van der Waals surface area contributed by atoms with Crippen molar-refractivity contribution in [2.75, 3.05) is 13.2 Å². The third-order valence-electron chi connectivity index (χ3n) is 2.50. The Bertz CT molecular complexity index is 531. The summed E-state index contributed by atoms with van der Waals surface area (Å²) < 4.78 is 15.0. The summed E-state index contributed by atoms with van der Waals surface area (Å²) in [6.45, 7) is 4.02. The SMILES string of the molecule is CCOC(=O)/C=C/O/C(=C/C(=O)OCC)Cc1ccccc1. The number of rotatable bonds is 8. The molecule has 0 aliphatic carbocycles. The minimum atomic E-state index is -0.502. The highest BCUT2D eigenvalue weighted by Gasteiger charge is 2.05. The molecule has 0 aromatic heterocycles. The summed E-state index contributed by atoms with van der Waals surface area (Å²) >= 11 is 0. The molecule has 0 radical (unpaired) electrons. The molecular weight excluding hydrogens is 284 g/mol. The Morgan fingerprint density at radius 2 is 1.64 bits per heavy atom. The van der Waals surface area contributed by atoms with Gasteiger partial charge >= 0.3 is 11.9 Å². The van der Waals surface area contributed by atoms with Crippen LogP contribution in [0.1, 0.15) is 19.4 Å². The van der Waals surface area contributed by atoms with Crippen molar-refractivity contribution in [1.29, 1.82) is 0 Å². The number of carbonyl (C=O) groups is 2. The van der Waals surface area contributed by atoms with E-state index in [-0.39, 0.29) is 6.61 Å². The first kappa shape index (κ1) is 17.5. The molecule has 0 unspecified atom stereocenters. The van der Waals surface area contributed by atoms with Gasteiger partial charge in [-0.05, 0) is 19.4 Å². The average molecular weight is 304 g/mol. The molecule has 0 aliphatic heterocycles. The Hall–Kier alpha value is -2.56. The predicted octanol–water partition coefficient (Wildman–Crippen LogP) is 2.77. The second kappa shape index (κ2) is 10.2. The first-order valence-corrected chi connectivity index (χ1v) is 7.07. The minimum Gasteiger partial charge on any atom is -0.468 e. The van der Waals surface area contributed by atoms with E-state index in [4.69, 9.17) is 14.2 Å². The van der Waals surface area contributed by atoms with Gasteiger partial charge in [-0.3, -0.25) is 0 Å². The molecule has 118 valence electrons. The van der Waals surface area contributed by atoms with Gasteiger partial charge in [-0.1, -0.05) is 30.3 Å². The normalized spacial score (nSPS) is 11.3. The van der Waals surface area contributed by atoms with Crippen molar-refractivity contribution in [3.8, 4) is 0 Å². The first-order valence-electron chi connectivity index (χ1n) is 7.07. The Morgan fingerprint density at radius 1 is 1.00 bits per heavy atom. The second-order valence-electron chi connectivity index (χ2n) is 4.20. The number of esters is 2. The highest BCUT2D eigenvalue weighted by Crippen LogP contribution is 2.10. The van der Waals surface area contributed by atoms with E-state index in [2.05, 4.69) is 0 Å². The van der Waals surface area contributed by atoms with Crippen LogP contribution in [0.3, 0.4) is 0 Å². The summed E-state index contributed by atoms with van der Waals surface area (Å²) in [5.41, 5.74) is 0.975. The summed E-state index contributed by atoms with van der Waals surface area (Å²) in [4.78, 5) is 22.8. The average Bonchev–Trinajstić information content (AvgIpc) is 2.48. The van der Waals surface area contributed by atoms with Crippen LogP contribution in [0, 0.1) is 0 Å². The van der Waals surface area contributed by atoms with Gasteiger partial charge < -0.3 is 14.2 Å². The summed E-state index contributed by atoms with van der Waals surface area (Å²) in [7, 11) is 0. The second-order valence-corrected chi connectivity index (χ2v) is 4.20. The van der Waals surface area contributed by atoms with Gasteiger partial charge in [-0.25, -0.2) is 9.59 Å². The van der Waals surface area contributed by atoms with E-state index < -0.39 is 11.9 Å². The van der Waals surface area contributed by atoms with Gasteiger partial charge in [-0.15, -0.1) is 0 Å². The van der Waals surface area contributed by atoms with E-state index in [0.717, 1.165) is 11.6 Å². The lowest BCUT2D eigenvalue weighted by Gasteiger charge is -2.07. The van der Waals surface area contributed by atoms with Crippen LogP contribution in [0.4, 0.5) is 0 Å². The summed E-state index contributed by atoms with van der Waals surface area (Å²) in [6.07, 6.45) is 4.04. The number of hydrogen-bond acceptors (Lipinski definition) is 5. The third kappa shape index (κ3) is 7.28. The molecule has 0 aliphatic rings. The molecule has 0 fully saturated rings. The Morgan fingerprint density at radius 3 is 2.27 bits per heavy atom. The Kier molecular flexibility index (Phi) is 8.12. The number of hydrogen-bond donors (Lipinski definition) is 0. The fraction of sp³-hybridized carbons (Fsp3) is 0.294. The van der Waals surface area contributed by atoms with E-state index >= 15 is 0 Å². The monoisotopic (exact) mass is 304 g/mol. The molecule has 1 aromatic rings. The molecule has 0 heterocycles. The van der Waals surface area contributed by atoms with Crippen molar-refractivity contribution < 1.29 is 23.8 Å². The smallest absolute Gasteiger partial charge is 0.334 e. The zero-order valence-corrected chi connectivity index (χ0v) is 12.8. The van der Waals surface area contributed by atoms with Crippen molar-refractivity contribution in [3.63, 3.8) is 0 Å². The lowest BCUT2D eigenvalue weighted by atomic mass is 10.1. The van der Waals surface area contributed by atoms with E-state index in [1.807, 2.05) is 30.3 Å². The molecule has 1 aromatic carbocycles. The molecule has 0 spiro atoms. The van der Waals surface area contributed by atoms with Crippen LogP contribution in [-0.2, 0) is 30.2 Å². The Labute approximate surface area is 130 Å². The maximum atomic E-state index is 11.5. The van der Waals surface area contributed by atoms with Gasteiger partial charge in [0, 0.05) is 6.42 Å². The lowest BCUT2D eigenvalue weighted by Crippen LogP contribution is -2.04. The standard InChI is InChI=1S/C17H20O5/c1-3-20-16(18)10-11-22-15(13-17(19)21-4-2)12-14-8-6-5-7-9-14/h5-11,13H,3-4,12H2,1-2H3/b11-10+,15-13+. The minimum absolute atomic E-state index is 0.284. The van der Waals surface area contributed by atoms with Crippen LogP contribution in [0.5, 0.6) is 0 Å². The number of benzene rings is 1. The number of ether oxygens (including phenoxy) is 3. The zero-order valence-electron chi connectivity index (χ0n) is 12.8. The lowest BCUT2D eigenvalue weighted by molar-refractivity contribution is -0.138. The fourth-order valence-electron chi connectivity index (χ4n) is 1.61. The summed E-state index contributed by atoms with van der Waals surface area (Å²) in [5.74, 6) is -0.610. The zero-order chi connectivity index (χ0) is 16.2. The quantitative estimate of drug-likeness (QED) is 0.420. The van der Waals surface area contributed by atoms with Crippen LogP contribution in [0.25, 0.3) is 0 Å². The van der Waals surface area contributed by atoms with Gasteiger partial charge in [0.1, 0.15) is 5.76 Å². The topological polar surface area (TPSA) is 61.8 Å². The molecule has 0 amide bonds. The van der Waals surface area contributed by atoms with E-state index in [1.54, 1.807) is 13.8 Å². The Balaban J connectivity index is 2.74. The van der Waals surface area contributed by atoms with Crippen LogP contribution < -0.4 is 0 Å². The van der Waals surface area contributed by atoms with Crippen LogP contribution in [-0.4, -0.2) is 25.2 Å². The van der Waals surface area contributed by atoms with Crippen molar-refractivity contribution in [2.24, 2.45) is 0 Å². The number of allylic oxidation sites excluding steroid dienone is 1. The van der Waals surface area contributed by atoms with Gasteiger partial charge in [0.15, 0.2) is 0 Å². The molecule has 0 saturated carbocycles. The molecule has 5 nitrogen and oxygen atoms in total. The third-order valence-corrected chi connectivity index (χ3v) is 2.50. The first-order chi connectivity index (χ1) is 10.7. The van der Waals surface area contributed by atoms with Gasteiger partial charge in [-0.2, -0.15) is 0 Å². The van der Waals surface area contributed by atoms with Crippen LogP contribution >= 0.6 is 0 Å². The molecule has 22 heavy (non-hydrogen) atoms. The van der Waals surface area contributed by atoms with Gasteiger partial charge in [0.25, 0.3) is 0 Å². The van der Waals surface area contributed by atoms with Crippen molar-refractivity contribution in [2.45, 2.75) is 20.3 Å². The van der Waals surface area contributed by atoms with Gasteiger partial charge in [0.05, 0.1) is 31.6 Å². The molecule has 5 heteroatoms. The summed E-state index contributed by atoms with van der Waals surface area (Å²) in [5, 5.41) is 0. The fourth-order valence-corrected chi connectivity index (χ4v) is 1.61. The van der Waals surface area contributed by atoms with E-state index in [9.17, 15) is 9.59 Å². The molecule has 0 saturated heterocycles. The molecule has 0 N–H and O–H groups in total. The molecule has 0 bridgehead atoms. The maximum Gasteiger partial charge on any atom is 0.334 e. The molecular formula is C17H20O5. The van der Waals surface area contributed by atoms with Crippen LogP contribution in [0.2, 0.25) is 0 Å². The molecule has 0 atom stereocenters. The largest absolute Gasteiger partial charge is 0.468 e. The highest BCUT2D eigenvalue weighted by molar-refractivity contribution is 5.83. The van der Waals surface area contributed by atoms with E-state index in [0.29, 0.717) is 18.8 Å². The van der Waals surface area contributed by atoms with Gasteiger partial charge in [0.2, 0.25) is 0 Å². The maximum absolute atomic E-state index is 11.5. The molecule has 1 rings (SSSR count). The van der Waals surface area contributed by atoms with E-state index in [1.165, 1.54) is 12.3 Å². The van der Waals surface area contributed by atoms with Crippen molar-refractivity contribution >= 4 is 11.9 Å². The highest BCUT2D eigenvalue weighted by atomic mass is 16.5. The predicted molar refractivity (Wildman–Crippen MR) is 81.7 cm³/mol. The summed E-state index contributed by atoms with van der Waals surface area (Å²) in [6, 6.07) is 9.52.